The summed E-state index contributed by atoms with van der Waals surface area (Å²) in [4.78, 5) is 4.42. The molecule has 0 saturated heterocycles. The average molecular weight is 183 g/mol. The zero-order valence-corrected chi connectivity index (χ0v) is 8.19. The predicted octanol–water partition coefficient (Wildman–Crippen LogP) is 1.57. The van der Waals surface area contributed by atoms with Gasteiger partial charge >= 0.3 is 0 Å². The number of aliphatic imine (C=N–C) groups is 1. The van der Waals surface area contributed by atoms with E-state index in [4.69, 9.17) is 5.26 Å². The van der Waals surface area contributed by atoms with Crippen molar-refractivity contribution < 1.29 is 0 Å². The lowest BCUT2D eigenvalue weighted by Gasteiger charge is -2.30. The highest BCUT2D eigenvalue weighted by molar-refractivity contribution is 8.13. The normalized spacial score (nSPS) is 28.9. The smallest absolute Gasteiger partial charge is 0.183 e. The lowest BCUT2D eigenvalue weighted by atomic mass is 9.82. The van der Waals surface area contributed by atoms with E-state index in [1.54, 1.807) is 0 Å². The molecule has 0 spiro atoms. The van der Waals surface area contributed by atoms with E-state index in [1.807, 2.05) is 12.4 Å². The molecular weight excluding hydrogens is 170 g/mol. The molecule has 4 heteroatoms. The van der Waals surface area contributed by atoms with Gasteiger partial charge in [-0.1, -0.05) is 18.7 Å². The van der Waals surface area contributed by atoms with Gasteiger partial charge in [0.2, 0.25) is 0 Å². The Morgan fingerprint density at radius 2 is 2.42 bits per heavy atom. The minimum atomic E-state index is 0.438. The lowest BCUT2D eigenvalue weighted by molar-refractivity contribution is 0.284. The maximum absolute atomic E-state index is 8.38. The molecule has 1 aliphatic rings. The van der Waals surface area contributed by atoms with Crippen LogP contribution < -0.4 is 5.32 Å². The predicted molar refractivity (Wildman–Crippen MR) is 51.9 cm³/mol. The highest BCUT2D eigenvalue weighted by Crippen LogP contribution is 2.29. The van der Waals surface area contributed by atoms with E-state index < -0.39 is 0 Å². The van der Waals surface area contributed by atoms with Gasteiger partial charge in [-0.25, -0.2) is 0 Å². The molecule has 2 unspecified atom stereocenters. The monoisotopic (exact) mass is 183 g/mol. The number of amidine groups is 1. The Hall–Kier alpha value is -0.690. The van der Waals surface area contributed by atoms with Crippen molar-refractivity contribution >= 4 is 16.9 Å². The Morgan fingerprint density at radius 3 is 2.75 bits per heavy atom. The van der Waals surface area contributed by atoms with Gasteiger partial charge in [0.1, 0.15) is 0 Å². The first kappa shape index (κ1) is 9.40. The van der Waals surface area contributed by atoms with E-state index in [0.717, 1.165) is 5.17 Å². The molecule has 0 bridgehead atoms. The quantitative estimate of drug-likeness (QED) is 0.290. The summed E-state index contributed by atoms with van der Waals surface area (Å²) in [7, 11) is 0. The molecule has 0 radical (unpaired) electrons. The molecule has 1 aliphatic carbocycles. The average Bonchev–Trinajstić information content (AvgIpc) is 2.09. The van der Waals surface area contributed by atoms with Gasteiger partial charge in [0.15, 0.2) is 11.4 Å². The Labute approximate surface area is 77.2 Å². The van der Waals surface area contributed by atoms with Crippen LogP contribution in [-0.4, -0.2) is 17.5 Å². The van der Waals surface area contributed by atoms with Gasteiger partial charge in [-0.15, -0.1) is 0 Å². The van der Waals surface area contributed by atoms with E-state index in [2.05, 4.69) is 17.2 Å². The topological polar surface area (TPSA) is 48.2 Å². The van der Waals surface area contributed by atoms with Crippen molar-refractivity contribution in [1.29, 1.82) is 5.26 Å². The van der Waals surface area contributed by atoms with E-state index >= 15 is 0 Å². The molecule has 3 nitrogen and oxygen atoms in total. The number of nitriles is 1. The van der Waals surface area contributed by atoms with Gasteiger partial charge < -0.3 is 0 Å². The maximum Gasteiger partial charge on any atom is 0.183 e. The Kier molecular flexibility index (Phi) is 3.42. The van der Waals surface area contributed by atoms with Crippen LogP contribution in [0, 0.1) is 17.4 Å². The van der Waals surface area contributed by atoms with Crippen LogP contribution in [-0.2, 0) is 0 Å². The van der Waals surface area contributed by atoms with Gasteiger partial charge in [-0.2, -0.15) is 5.26 Å². The molecule has 1 rings (SSSR count). The van der Waals surface area contributed by atoms with Gasteiger partial charge in [0, 0.05) is 0 Å². The minimum absolute atomic E-state index is 0.438. The fraction of sp³-hybridized carbons (Fsp3) is 0.750. The van der Waals surface area contributed by atoms with Crippen molar-refractivity contribution in [2.75, 3.05) is 6.26 Å². The van der Waals surface area contributed by atoms with Crippen LogP contribution in [0.5, 0.6) is 0 Å². The number of rotatable bonds is 1. The largest absolute Gasteiger partial charge is 0.272 e. The molecule has 0 heterocycles. The third-order valence-corrected chi connectivity index (χ3v) is 2.81. The standard InChI is InChI=1S/C8H13N3S/c1-6-3-4-7(6)11-8(12-2)10-5-9/h6-7H,3-4H2,1-2H3,(H,10,11). The summed E-state index contributed by atoms with van der Waals surface area (Å²) in [5.74, 6) is 0.688. The highest BCUT2D eigenvalue weighted by Gasteiger charge is 2.26. The van der Waals surface area contributed by atoms with Crippen molar-refractivity contribution in [3.8, 4) is 6.19 Å². The summed E-state index contributed by atoms with van der Waals surface area (Å²) in [6.07, 6.45) is 6.24. The van der Waals surface area contributed by atoms with Crippen LogP contribution in [0.15, 0.2) is 4.99 Å². The summed E-state index contributed by atoms with van der Waals surface area (Å²) in [5.41, 5.74) is 0. The van der Waals surface area contributed by atoms with Crippen LogP contribution in [0.1, 0.15) is 19.8 Å². The first-order valence-corrected chi connectivity index (χ1v) is 5.27. The molecule has 0 aromatic carbocycles. The molecule has 1 fully saturated rings. The van der Waals surface area contributed by atoms with E-state index in [-0.39, 0.29) is 0 Å². The van der Waals surface area contributed by atoms with Gasteiger partial charge in [0.05, 0.1) is 6.04 Å². The third-order valence-electron chi connectivity index (χ3n) is 2.21. The number of thioether (sulfide) groups is 1. The molecule has 12 heavy (non-hydrogen) atoms. The zero-order valence-electron chi connectivity index (χ0n) is 7.37. The summed E-state index contributed by atoms with van der Waals surface area (Å²) in [6.45, 7) is 2.20. The van der Waals surface area contributed by atoms with E-state index in [1.165, 1.54) is 24.6 Å². The van der Waals surface area contributed by atoms with E-state index in [0.29, 0.717) is 12.0 Å². The summed E-state index contributed by atoms with van der Waals surface area (Å²) < 4.78 is 0. The second kappa shape index (κ2) is 4.36. The number of nitrogens with one attached hydrogen (secondary N) is 1. The Morgan fingerprint density at radius 1 is 1.67 bits per heavy atom. The van der Waals surface area contributed by atoms with Gasteiger partial charge in [-0.05, 0) is 25.0 Å². The van der Waals surface area contributed by atoms with E-state index in [9.17, 15) is 0 Å². The van der Waals surface area contributed by atoms with Crippen LogP contribution in [0.4, 0.5) is 0 Å². The van der Waals surface area contributed by atoms with Crippen molar-refractivity contribution in [3.63, 3.8) is 0 Å². The molecule has 2 atom stereocenters. The van der Waals surface area contributed by atoms with Gasteiger partial charge in [0.25, 0.3) is 0 Å². The highest BCUT2D eigenvalue weighted by atomic mass is 32.2. The summed E-state index contributed by atoms with van der Waals surface area (Å²) in [5, 5.41) is 11.7. The molecule has 0 aromatic heterocycles. The van der Waals surface area contributed by atoms with Crippen LogP contribution >= 0.6 is 11.8 Å². The Bertz CT molecular complexity index is 219. The number of hydrogen-bond acceptors (Lipinski definition) is 3. The maximum atomic E-state index is 8.38. The Balaban J connectivity index is 2.46. The molecule has 0 amide bonds. The second-order valence-electron chi connectivity index (χ2n) is 3.00. The third kappa shape index (κ3) is 2.15. The lowest BCUT2D eigenvalue weighted by Crippen LogP contribution is -2.29. The van der Waals surface area contributed by atoms with Crippen LogP contribution in [0.25, 0.3) is 0 Å². The van der Waals surface area contributed by atoms with Crippen molar-refractivity contribution in [2.45, 2.75) is 25.8 Å². The SMILES string of the molecule is CSC(=NC1CCC1C)NC#N. The molecule has 1 N–H and O–H groups in total. The van der Waals surface area contributed by atoms with Crippen molar-refractivity contribution in [3.05, 3.63) is 0 Å². The molecule has 0 aliphatic heterocycles. The first-order chi connectivity index (χ1) is 5.77. The fourth-order valence-corrected chi connectivity index (χ4v) is 1.56. The van der Waals surface area contributed by atoms with Crippen LogP contribution in [0.3, 0.4) is 0 Å². The second-order valence-corrected chi connectivity index (χ2v) is 3.79. The number of hydrogen-bond donors (Lipinski definition) is 1. The molecule has 0 aromatic rings. The molecular formula is C8H13N3S. The first-order valence-electron chi connectivity index (χ1n) is 4.04. The summed E-state index contributed by atoms with van der Waals surface area (Å²) in [6, 6.07) is 0.438. The summed E-state index contributed by atoms with van der Waals surface area (Å²) >= 11 is 1.49. The zero-order chi connectivity index (χ0) is 8.97. The minimum Gasteiger partial charge on any atom is -0.272 e. The van der Waals surface area contributed by atoms with Crippen molar-refractivity contribution in [2.24, 2.45) is 10.9 Å². The van der Waals surface area contributed by atoms with Crippen molar-refractivity contribution in [1.82, 2.24) is 5.32 Å². The number of nitrogens with zero attached hydrogens (tertiary/aromatic N) is 2. The van der Waals surface area contributed by atoms with Gasteiger partial charge in [-0.3, -0.25) is 10.3 Å². The molecule has 66 valence electrons. The fourth-order valence-electron chi connectivity index (χ4n) is 1.18. The van der Waals surface area contributed by atoms with Crippen LogP contribution in [0.2, 0.25) is 0 Å². The molecule has 1 saturated carbocycles.